The van der Waals surface area contributed by atoms with Gasteiger partial charge in [-0.2, -0.15) is 0 Å². The third-order valence-electron chi connectivity index (χ3n) is 4.85. The second kappa shape index (κ2) is 12.1. The molecule has 2 aromatic heterocycles. The van der Waals surface area contributed by atoms with Gasteiger partial charge in [-0.05, 0) is 57.5 Å². The Hall–Kier alpha value is -0.710. The van der Waals surface area contributed by atoms with Crippen molar-refractivity contribution in [2.24, 2.45) is 10.9 Å². The van der Waals surface area contributed by atoms with Crippen molar-refractivity contribution in [1.29, 1.82) is 0 Å². The Labute approximate surface area is 194 Å². The van der Waals surface area contributed by atoms with Gasteiger partial charge in [0.15, 0.2) is 5.96 Å². The van der Waals surface area contributed by atoms with E-state index in [9.17, 15) is 0 Å². The zero-order chi connectivity index (χ0) is 19.1. The molecular formula is C20H32IN5S2. The van der Waals surface area contributed by atoms with Crippen molar-refractivity contribution in [3.05, 3.63) is 38.0 Å². The Morgan fingerprint density at radius 2 is 2.21 bits per heavy atom. The summed E-state index contributed by atoms with van der Waals surface area (Å²) in [4.78, 5) is 14.6. The second-order valence-electron chi connectivity index (χ2n) is 7.14. The third kappa shape index (κ3) is 7.27. The lowest BCUT2D eigenvalue weighted by Crippen LogP contribution is -2.44. The van der Waals surface area contributed by atoms with Crippen LogP contribution in [0.5, 0.6) is 0 Å². The summed E-state index contributed by atoms with van der Waals surface area (Å²) >= 11 is 3.60. The highest BCUT2D eigenvalue weighted by Gasteiger charge is 2.20. The quantitative estimate of drug-likeness (QED) is 0.315. The average molecular weight is 534 g/mol. The second-order valence-corrected chi connectivity index (χ2v) is 9.46. The number of nitrogens with one attached hydrogen (secondary N) is 2. The Balaban J connectivity index is 0.00000280. The lowest BCUT2D eigenvalue weighted by molar-refractivity contribution is 0.169. The molecule has 0 aliphatic carbocycles. The summed E-state index contributed by atoms with van der Waals surface area (Å²) in [5.74, 6) is 1.59. The van der Waals surface area contributed by atoms with Gasteiger partial charge in [0.2, 0.25) is 0 Å². The molecule has 1 fully saturated rings. The predicted molar refractivity (Wildman–Crippen MR) is 132 cm³/mol. The number of aliphatic imine (C=N–C) groups is 1. The molecule has 0 spiro atoms. The van der Waals surface area contributed by atoms with Crippen molar-refractivity contribution in [2.45, 2.75) is 46.7 Å². The van der Waals surface area contributed by atoms with Crippen LogP contribution >= 0.6 is 46.7 Å². The highest BCUT2D eigenvalue weighted by molar-refractivity contribution is 14.0. The van der Waals surface area contributed by atoms with E-state index in [2.05, 4.69) is 58.8 Å². The summed E-state index contributed by atoms with van der Waals surface area (Å²) in [6.07, 6.45) is 2.57. The standard InChI is InChI=1S/C20H31N5S2.HI/c1-4-21-20(23-12-19-15(2)24-16(3)27-19)22-11-17-7-5-9-25(13-17)14-18-8-6-10-26-18;/h6,8,10,17H,4-5,7,9,11-14H2,1-3H3,(H2,21,22,23);1H. The van der Waals surface area contributed by atoms with Gasteiger partial charge in [-0.15, -0.1) is 46.7 Å². The van der Waals surface area contributed by atoms with Crippen LogP contribution in [0.3, 0.4) is 0 Å². The lowest BCUT2D eigenvalue weighted by Gasteiger charge is -2.32. The number of thiophene rings is 1. The van der Waals surface area contributed by atoms with Crippen LogP contribution in [0.1, 0.15) is 40.2 Å². The number of halogens is 1. The maximum atomic E-state index is 4.78. The number of rotatable bonds is 7. The molecule has 2 N–H and O–H groups in total. The minimum Gasteiger partial charge on any atom is -0.357 e. The molecule has 1 saturated heterocycles. The summed E-state index contributed by atoms with van der Waals surface area (Å²) in [6, 6.07) is 4.39. The first-order valence-corrected chi connectivity index (χ1v) is 11.5. The van der Waals surface area contributed by atoms with Gasteiger partial charge in [0, 0.05) is 35.9 Å². The summed E-state index contributed by atoms with van der Waals surface area (Å²) in [5, 5.41) is 10.2. The Morgan fingerprint density at radius 3 is 2.89 bits per heavy atom. The van der Waals surface area contributed by atoms with Gasteiger partial charge in [0.1, 0.15) is 0 Å². The number of piperidine rings is 1. The molecule has 0 aromatic carbocycles. The molecule has 1 atom stereocenters. The SMILES string of the molecule is CCNC(=NCc1sc(C)nc1C)NCC1CCCN(Cc2cccs2)C1.I. The summed E-state index contributed by atoms with van der Waals surface area (Å²) in [5.41, 5.74) is 1.11. The molecule has 1 aliphatic rings. The van der Waals surface area contributed by atoms with E-state index in [1.807, 2.05) is 11.3 Å². The molecule has 0 bridgehead atoms. The van der Waals surface area contributed by atoms with Gasteiger partial charge >= 0.3 is 0 Å². The van der Waals surface area contributed by atoms with E-state index in [0.29, 0.717) is 12.5 Å². The van der Waals surface area contributed by atoms with E-state index in [1.54, 1.807) is 11.3 Å². The van der Waals surface area contributed by atoms with Crippen LogP contribution in [0.2, 0.25) is 0 Å². The molecule has 156 valence electrons. The zero-order valence-corrected chi connectivity index (χ0v) is 21.0. The first-order valence-electron chi connectivity index (χ1n) is 9.84. The van der Waals surface area contributed by atoms with Crippen molar-refractivity contribution in [2.75, 3.05) is 26.2 Å². The summed E-state index contributed by atoms with van der Waals surface area (Å²) in [6.45, 7) is 12.3. The van der Waals surface area contributed by atoms with Crippen LogP contribution in [0, 0.1) is 19.8 Å². The largest absolute Gasteiger partial charge is 0.357 e. The van der Waals surface area contributed by atoms with Crippen molar-refractivity contribution in [1.82, 2.24) is 20.5 Å². The van der Waals surface area contributed by atoms with Crippen LogP contribution < -0.4 is 10.6 Å². The minimum absolute atomic E-state index is 0. The van der Waals surface area contributed by atoms with Crippen LogP contribution in [0.4, 0.5) is 0 Å². The summed E-state index contributed by atoms with van der Waals surface area (Å²) < 4.78 is 0. The van der Waals surface area contributed by atoms with E-state index >= 15 is 0 Å². The number of guanidine groups is 1. The highest BCUT2D eigenvalue weighted by atomic mass is 127. The van der Waals surface area contributed by atoms with Gasteiger partial charge in [0.05, 0.1) is 17.2 Å². The number of thiazole rings is 1. The van der Waals surface area contributed by atoms with Gasteiger partial charge < -0.3 is 10.6 Å². The molecule has 2 aromatic rings. The third-order valence-corrected chi connectivity index (χ3v) is 6.76. The molecule has 1 aliphatic heterocycles. The number of aromatic nitrogens is 1. The van der Waals surface area contributed by atoms with E-state index in [-0.39, 0.29) is 24.0 Å². The molecule has 3 rings (SSSR count). The van der Waals surface area contributed by atoms with E-state index in [1.165, 1.54) is 29.1 Å². The Morgan fingerprint density at radius 1 is 1.36 bits per heavy atom. The average Bonchev–Trinajstić information content (AvgIpc) is 3.27. The fraction of sp³-hybridized carbons (Fsp3) is 0.600. The normalized spacial score (nSPS) is 18.0. The summed E-state index contributed by atoms with van der Waals surface area (Å²) in [7, 11) is 0. The smallest absolute Gasteiger partial charge is 0.191 e. The van der Waals surface area contributed by atoms with Crippen LogP contribution in [-0.2, 0) is 13.1 Å². The predicted octanol–water partition coefficient (Wildman–Crippen LogP) is 4.41. The highest BCUT2D eigenvalue weighted by Crippen LogP contribution is 2.20. The first kappa shape index (κ1) is 23.6. The van der Waals surface area contributed by atoms with Crippen molar-refractivity contribution in [3.8, 4) is 0 Å². The van der Waals surface area contributed by atoms with Crippen molar-refractivity contribution >= 4 is 52.6 Å². The Bertz CT molecular complexity index is 729. The van der Waals surface area contributed by atoms with E-state index in [0.717, 1.165) is 42.8 Å². The lowest BCUT2D eigenvalue weighted by atomic mass is 9.98. The monoisotopic (exact) mass is 533 g/mol. The maximum Gasteiger partial charge on any atom is 0.191 e. The van der Waals surface area contributed by atoms with E-state index in [4.69, 9.17) is 4.99 Å². The zero-order valence-electron chi connectivity index (χ0n) is 17.0. The minimum atomic E-state index is 0. The van der Waals surface area contributed by atoms with Crippen LogP contribution in [0.25, 0.3) is 0 Å². The van der Waals surface area contributed by atoms with E-state index < -0.39 is 0 Å². The topological polar surface area (TPSA) is 52.6 Å². The fourth-order valence-electron chi connectivity index (χ4n) is 3.54. The molecule has 5 nitrogen and oxygen atoms in total. The van der Waals surface area contributed by atoms with Crippen LogP contribution in [-0.4, -0.2) is 42.0 Å². The van der Waals surface area contributed by atoms with Crippen molar-refractivity contribution in [3.63, 3.8) is 0 Å². The van der Waals surface area contributed by atoms with Crippen molar-refractivity contribution < 1.29 is 0 Å². The number of hydrogen-bond acceptors (Lipinski definition) is 5. The fourth-order valence-corrected chi connectivity index (χ4v) is 5.15. The number of hydrogen-bond donors (Lipinski definition) is 2. The van der Waals surface area contributed by atoms with Gasteiger partial charge in [-0.25, -0.2) is 9.98 Å². The van der Waals surface area contributed by atoms with Gasteiger partial charge in [-0.3, -0.25) is 4.90 Å². The maximum absolute atomic E-state index is 4.78. The Kier molecular flexibility index (Phi) is 10.2. The number of likely N-dealkylation sites (tertiary alicyclic amines) is 1. The molecule has 8 heteroatoms. The van der Waals surface area contributed by atoms with Crippen LogP contribution in [0.15, 0.2) is 22.5 Å². The molecule has 0 saturated carbocycles. The van der Waals surface area contributed by atoms with Gasteiger partial charge in [0.25, 0.3) is 0 Å². The van der Waals surface area contributed by atoms with Gasteiger partial charge in [-0.1, -0.05) is 6.07 Å². The first-order chi connectivity index (χ1) is 13.1. The molecule has 1 unspecified atom stereocenters. The molecule has 0 radical (unpaired) electrons. The molecular weight excluding hydrogens is 501 g/mol. The number of nitrogens with zero attached hydrogens (tertiary/aromatic N) is 3. The number of aryl methyl sites for hydroxylation is 2. The molecule has 0 amide bonds. The molecule has 3 heterocycles. The molecule has 28 heavy (non-hydrogen) atoms.